The van der Waals surface area contributed by atoms with E-state index in [1.807, 2.05) is 6.92 Å². The number of esters is 1. The number of rotatable bonds is 7. The molecule has 2 atom stereocenters. The third-order valence-electron chi connectivity index (χ3n) is 3.81. The zero-order chi connectivity index (χ0) is 18.6. The number of hydrogen-bond donors (Lipinski definition) is 1. The van der Waals surface area contributed by atoms with Gasteiger partial charge < -0.3 is 10.1 Å². The molecule has 2 rings (SSSR count). The van der Waals surface area contributed by atoms with Gasteiger partial charge in [-0.05, 0) is 31.6 Å². The lowest BCUT2D eigenvalue weighted by atomic mass is 9.86. The molecule has 0 saturated heterocycles. The Kier molecular flexibility index (Phi) is 5.89. The number of allylic oxidation sites excluding steroid dienone is 2. The Morgan fingerprint density at radius 3 is 2.76 bits per heavy atom. The Bertz CT molecular complexity index is 717. The molecule has 0 bridgehead atoms. The molecular formula is C16H18F2N2O4S. The van der Waals surface area contributed by atoms with Gasteiger partial charge in [-0.2, -0.15) is 0 Å². The molecule has 1 N–H and O–H groups in total. The summed E-state index contributed by atoms with van der Waals surface area (Å²) in [6, 6.07) is -0.104. The number of aryl methyl sites for hydroxylation is 1. The number of halogens is 2. The van der Waals surface area contributed by atoms with E-state index in [9.17, 15) is 23.7 Å². The maximum atomic E-state index is 13.9. The minimum Gasteiger partial charge on any atom is -0.462 e. The van der Waals surface area contributed by atoms with Crippen LogP contribution in [-0.2, 0) is 11.2 Å². The molecular weight excluding hydrogens is 354 g/mol. The highest BCUT2D eigenvalue weighted by atomic mass is 32.1. The fraction of sp³-hybridized carbons (Fsp3) is 0.438. The van der Waals surface area contributed by atoms with Gasteiger partial charge in [0.1, 0.15) is 5.00 Å². The van der Waals surface area contributed by atoms with Crippen LogP contribution in [0.2, 0.25) is 0 Å². The first kappa shape index (κ1) is 19.0. The molecule has 1 heterocycles. The normalized spacial score (nSPS) is 22.2. The Morgan fingerprint density at radius 2 is 2.20 bits per heavy atom. The minimum atomic E-state index is -3.06. The number of anilines is 1. The van der Waals surface area contributed by atoms with Crippen LogP contribution < -0.4 is 5.32 Å². The molecule has 0 radical (unpaired) electrons. The molecule has 0 saturated carbocycles. The second kappa shape index (κ2) is 7.73. The second-order valence-electron chi connectivity index (χ2n) is 5.36. The number of ether oxygens (including phenoxy) is 1. The van der Waals surface area contributed by atoms with Gasteiger partial charge in [-0.1, -0.05) is 19.1 Å². The fourth-order valence-electron chi connectivity index (χ4n) is 2.52. The third-order valence-corrected chi connectivity index (χ3v) is 5.01. The molecule has 1 aromatic heterocycles. The fourth-order valence-corrected chi connectivity index (χ4v) is 3.59. The van der Waals surface area contributed by atoms with E-state index >= 15 is 0 Å². The maximum Gasteiger partial charge on any atom is 0.341 e. The minimum absolute atomic E-state index is 0.105. The Morgan fingerprint density at radius 1 is 1.48 bits per heavy atom. The van der Waals surface area contributed by atoms with E-state index in [2.05, 4.69) is 5.32 Å². The molecule has 25 heavy (non-hydrogen) atoms. The van der Waals surface area contributed by atoms with Crippen molar-refractivity contribution < 1.29 is 23.2 Å². The lowest BCUT2D eigenvalue weighted by molar-refractivity contribution is -0.519. The molecule has 6 nitrogen and oxygen atoms in total. The Hall–Kier alpha value is -2.29. The number of carbonyl (C=O) groups is 1. The van der Waals surface area contributed by atoms with Crippen LogP contribution >= 0.6 is 11.3 Å². The number of nitrogens with zero attached hydrogens (tertiary/aromatic N) is 1. The molecule has 1 aromatic rings. The number of carbonyl (C=O) groups excluding carboxylic acids is 1. The van der Waals surface area contributed by atoms with E-state index in [4.69, 9.17) is 4.74 Å². The smallest absolute Gasteiger partial charge is 0.341 e. The molecule has 0 aromatic carbocycles. The van der Waals surface area contributed by atoms with Crippen molar-refractivity contribution >= 4 is 22.3 Å². The Labute approximate surface area is 147 Å². The van der Waals surface area contributed by atoms with Crippen molar-refractivity contribution in [2.75, 3.05) is 11.9 Å². The standard InChI is InChI=1S/C16H18F2N2O4S/c1-3-10-9-11(14(21)24-4-2)13(25-10)19-16(15(17)18)8-6-5-7-12(16)20(22)23/h5-9,12,15,19H,3-4H2,1-2H3. The van der Waals surface area contributed by atoms with E-state index in [0.717, 1.165) is 28.4 Å². The molecule has 1 aliphatic carbocycles. The van der Waals surface area contributed by atoms with E-state index < -0.39 is 28.9 Å². The molecule has 2 unspecified atom stereocenters. The van der Waals surface area contributed by atoms with Crippen LogP contribution in [0.25, 0.3) is 0 Å². The summed E-state index contributed by atoms with van der Waals surface area (Å²) in [5.74, 6) is -0.654. The van der Waals surface area contributed by atoms with Crippen LogP contribution in [-0.4, -0.2) is 35.5 Å². The quantitative estimate of drug-likeness (QED) is 0.449. The highest BCUT2D eigenvalue weighted by molar-refractivity contribution is 7.16. The van der Waals surface area contributed by atoms with Crippen molar-refractivity contribution in [1.29, 1.82) is 0 Å². The van der Waals surface area contributed by atoms with Crippen LogP contribution in [0.1, 0.15) is 29.1 Å². The summed E-state index contributed by atoms with van der Waals surface area (Å²) < 4.78 is 32.7. The molecule has 9 heteroatoms. The summed E-state index contributed by atoms with van der Waals surface area (Å²) in [6.45, 7) is 3.63. The first-order valence-corrected chi connectivity index (χ1v) is 8.53. The summed E-state index contributed by atoms with van der Waals surface area (Å²) in [6.07, 6.45) is 2.40. The first-order valence-electron chi connectivity index (χ1n) is 7.71. The molecule has 0 spiro atoms. The predicted molar refractivity (Wildman–Crippen MR) is 91.1 cm³/mol. The van der Waals surface area contributed by atoms with Crippen LogP contribution in [0, 0.1) is 10.1 Å². The van der Waals surface area contributed by atoms with Gasteiger partial charge in [0.2, 0.25) is 0 Å². The second-order valence-corrected chi connectivity index (χ2v) is 6.50. The lowest BCUT2D eigenvalue weighted by Gasteiger charge is -2.33. The van der Waals surface area contributed by atoms with Gasteiger partial charge in [0.25, 0.3) is 12.5 Å². The van der Waals surface area contributed by atoms with Gasteiger partial charge in [0, 0.05) is 9.80 Å². The molecule has 0 aliphatic heterocycles. The number of nitro groups is 1. The Balaban J connectivity index is 2.48. The number of nitrogens with one attached hydrogen (secondary N) is 1. The van der Waals surface area contributed by atoms with E-state index in [-0.39, 0.29) is 17.2 Å². The molecule has 0 fully saturated rings. The van der Waals surface area contributed by atoms with Crippen molar-refractivity contribution in [3.63, 3.8) is 0 Å². The summed E-state index contributed by atoms with van der Waals surface area (Å²) in [4.78, 5) is 23.4. The van der Waals surface area contributed by atoms with Crippen LogP contribution in [0.15, 0.2) is 30.4 Å². The van der Waals surface area contributed by atoms with Crippen molar-refractivity contribution in [1.82, 2.24) is 0 Å². The van der Waals surface area contributed by atoms with Crippen molar-refractivity contribution in [3.8, 4) is 0 Å². The van der Waals surface area contributed by atoms with Gasteiger partial charge in [0.05, 0.1) is 12.2 Å². The average molecular weight is 372 g/mol. The summed E-state index contributed by atoms with van der Waals surface area (Å²) in [5.41, 5.74) is -2.14. The van der Waals surface area contributed by atoms with Gasteiger partial charge in [-0.3, -0.25) is 10.1 Å². The van der Waals surface area contributed by atoms with Crippen LogP contribution in [0.5, 0.6) is 0 Å². The highest BCUT2D eigenvalue weighted by Crippen LogP contribution is 2.37. The number of thiophene rings is 1. The van der Waals surface area contributed by atoms with Gasteiger partial charge >= 0.3 is 5.97 Å². The summed E-state index contributed by atoms with van der Waals surface area (Å²) >= 11 is 1.11. The van der Waals surface area contributed by atoms with Crippen LogP contribution in [0.4, 0.5) is 13.8 Å². The van der Waals surface area contributed by atoms with Crippen molar-refractivity contribution in [2.45, 2.75) is 38.3 Å². The zero-order valence-electron chi connectivity index (χ0n) is 13.7. The van der Waals surface area contributed by atoms with E-state index in [1.54, 1.807) is 13.0 Å². The lowest BCUT2D eigenvalue weighted by Crippen LogP contribution is -2.56. The number of hydrogen-bond acceptors (Lipinski definition) is 6. The van der Waals surface area contributed by atoms with Gasteiger partial charge in [0.15, 0.2) is 5.54 Å². The third kappa shape index (κ3) is 3.71. The highest BCUT2D eigenvalue weighted by Gasteiger charge is 2.53. The average Bonchev–Trinajstić information content (AvgIpc) is 2.98. The molecule has 0 amide bonds. The van der Waals surface area contributed by atoms with Crippen molar-refractivity contribution in [2.24, 2.45) is 0 Å². The van der Waals surface area contributed by atoms with E-state index in [1.165, 1.54) is 12.2 Å². The summed E-state index contributed by atoms with van der Waals surface area (Å²) in [7, 11) is 0. The predicted octanol–water partition coefficient (Wildman–Crippen LogP) is 3.67. The van der Waals surface area contributed by atoms with Gasteiger partial charge in [-0.15, -0.1) is 11.3 Å². The zero-order valence-corrected chi connectivity index (χ0v) is 14.5. The maximum absolute atomic E-state index is 13.9. The van der Waals surface area contributed by atoms with Crippen molar-refractivity contribution in [3.05, 3.63) is 50.9 Å². The van der Waals surface area contributed by atoms with Crippen LogP contribution in [0.3, 0.4) is 0 Å². The largest absolute Gasteiger partial charge is 0.462 e. The summed E-state index contributed by atoms with van der Waals surface area (Å²) in [5, 5.41) is 14.0. The first-order chi connectivity index (χ1) is 11.9. The monoisotopic (exact) mass is 372 g/mol. The number of alkyl halides is 2. The SMILES string of the molecule is CCOC(=O)c1cc(CC)sc1NC1(C(F)F)C=CC=CC1[N+](=O)[O-]. The van der Waals surface area contributed by atoms with E-state index in [0.29, 0.717) is 6.42 Å². The van der Waals surface area contributed by atoms with Gasteiger partial charge in [-0.25, -0.2) is 13.6 Å². The molecule has 136 valence electrons. The topological polar surface area (TPSA) is 81.5 Å². The molecule has 1 aliphatic rings.